The molecular formula is C21H22N2O3S. The molecule has 0 atom stereocenters. The summed E-state index contributed by atoms with van der Waals surface area (Å²) in [6.07, 6.45) is 0.918. The number of carbonyl (C=O) groups is 1. The lowest BCUT2D eigenvalue weighted by Gasteiger charge is -2.17. The molecule has 3 aromatic carbocycles. The van der Waals surface area contributed by atoms with Gasteiger partial charge in [-0.2, -0.15) is 4.31 Å². The van der Waals surface area contributed by atoms with Gasteiger partial charge >= 0.3 is 0 Å². The highest BCUT2D eigenvalue weighted by Gasteiger charge is 2.23. The second kappa shape index (κ2) is 7.90. The standard InChI is InChI=1S/C21H22N2O3S/c1-3-16-8-11-19(12-9-16)22-21(24)15-23(2)27(25,26)20-13-10-17-6-4-5-7-18(17)14-20/h4-14H,3,15H2,1-2H3,(H,22,24). The molecule has 0 spiro atoms. The van der Waals surface area contributed by atoms with Crippen LogP contribution in [0.2, 0.25) is 0 Å². The topological polar surface area (TPSA) is 66.5 Å². The van der Waals surface area contributed by atoms with Crippen molar-refractivity contribution in [2.75, 3.05) is 18.9 Å². The van der Waals surface area contributed by atoms with Crippen LogP contribution in [0.25, 0.3) is 10.8 Å². The molecular weight excluding hydrogens is 360 g/mol. The van der Waals surface area contributed by atoms with Gasteiger partial charge in [-0.1, -0.05) is 49.4 Å². The van der Waals surface area contributed by atoms with E-state index >= 15 is 0 Å². The SMILES string of the molecule is CCc1ccc(NC(=O)CN(C)S(=O)(=O)c2ccc3ccccc3c2)cc1. The Bertz CT molecular complexity index is 1060. The molecule has 0 aliphatic carbocycles. The predicted molar refractivity (Wildman–Crippen MR) is 108 cm³/mol. The normalized spacial score (nSPS) is 11.7. The molecule has 0 aromatic heterocycles. The summed E-state index contributed by atoms with van der Waals surface area (Å²) >= 11 is 0. The average molecular weight is 382 g/mol. The molecule has 3 aromatic rings. The third kappa shape index (κ3) is 4.35. The van der Waals surface area contributed by atoms with Crippen LogP contribution in [0.1, 0.15) is 12.5 Å². The van der Waals surface area contributed by atoms with Gasteiger partial charge in [-0.15, -0.1) is 0 Å². The van der Waals surface area contributed by atoms with Crippen LogP contribution >= 0.6 is 0 Å². The Balaban J connectivity index is 1.72. The smallest absolute Gasteiger partial charge is 0.243 e. The van der Waals surface area contributed by atoms with Crippen molar-refractivity contribution >= 4 is 32.4 Å². The molecule has 0 aliphatic heterocycles. The fourth-order valence-corrected chi connectivity index (χ4v) is 3.98. The molecule has 0 aliphatic rings. The van der Waals surface area contributed by atoms with Crippen molar-refractivity contribution in [2.24, 2.45) is 0 Å². The Labute approximate surface area is 159 Å². The number of nitrogens with one attached hydrogen (secondary N) is 1. The number of benzene rings is 3. The van der Waals surface area contributed by atoms with Crippen LogP contribution in [-0.2, 0) is 21.2 Å². The number of rotatable bonds is 6. The Hall–Kier alpha value is -2.70. The van der Waals surface area contributed by atoms with Gasteiger partial charge in [0, 0.05) is 12.7 Å². The molecule has 1 amide bonds. The first kappa shape index (κ1) is 19.1. The maximum Gasteiger partial charge on any atom is 0.243 e. The predicted octanol–water partition coefficient (Wildman–Crippen LogP) is 3.66. The highest BCUT2D eigenvalue weighted by Crippen LogP contribution is 2.21. The molecule has 1 N–H and O–H groups in total. The minimum Gasteiger partial charge on any atom is -0.325 e. The maximum atomic E-state index is 12.8. The molecule has 0 saturated heterocycles. The average Bonchev–Trinajstić information content (AvgIpc) is 2.68. The Morgan fingerprint density at radius 3 is 2.30 bits per heavy atom. The third-order valence-electron chi connectivity index (χ3n) is 4.44. The first-order chi connectivity index (χ1) is 12.9. The van der Waals surface area contributed by atoms with Crippen molar-refractivity contribution in [3.05, 3.63) is 72.3 Å². The molecule has 0 unspecified atom stereocenters. The quantitative estimate of drug-likeness (QED) is 0.707. The maximum absolute atomic E-state index is 12.8. The number of aryl methyl sites for hydroxylation is 1. The number of hydrogen-bond acceptors (Lipinski definition) is 3. The zero-order valence-corrected chi connectivity index (χ0v) is 16.2. The molecule has 0 fully saturated rings. The van der Waals surface area contributed by atoms with E-state index in [9.17, 15) is 13.2 Å². The summed E-state index contributed by atoms with van der Waals surface area (Å²) in [5.41, 5.74) is 1.82. The molecule has 140 valence electrons. The van der Waals surface area contributed by atoms with Gasteiger partial charge in [0.25, 0.3) is 0 Å². The van der Waals surface area contributed by atoms with Crippen molar-refractivity contribution in [3.8, 4) is 0 Å². The van der Waals surface area contributed by atoms with Crippen LogP contribution in [0.4, 0.5) is 5.69 Å². The number of hydrogen-bond donors (Lipinski definition) is 1. The summed E-state index contributed by atoms with van der Waals surface area (Å²) in [6, 6.07) is 20.0. The summed E-state index contributed by atoms with van der Waals surface area (Å²) in [5, 5.41) is 4.54. The van der Waals surface area contributed by atoms with E-state index in [-0.39, 0.29) is 17.3 Å². The largest absolute Gasteiger partial charge is 0.325 e. The highest BCUT2D eigenvalue weighted by molar-refractivity contribution is 7.89. The summed E-state index contributed by atoms with van der Waals surface area (Å²) in [4.78, 5) is 12.4. The van der Waals surface area contributed by atoms with Gasteiger partial charge in [0.2, 0.25) is 15.9 Å². The van der Waals surface area contributed by atoms with Crippen molar-refractivity contribution in [1.29, 1.82) is 0 Å². The monoisotopic (exact) mass is 382 g/mol. The van der Waals surface area contributed by atoms with E-state index < -0.39 is 10.0 Å². The molecule has 0 saturated carbocycles. The molecule has 6 heteroatoms. The van der Waals surface area contributed by atoms with E-state index in [1.807, 2.05) is 48.5 Å². The van der Waals surface area contributed by atoms with Crippen LogP contribution in [-0.4, -0.2) is 32.2 Å². The molecule has 0 radical (unpaired) electrons. The summed E-state index contributed by atoms with van der Waals surface area (Å²) in [6.45, 7) is 1.80. The Kier molecular flexibility index (Phi) is 5.58. The number of carbonyl (C=O) groups excluding carboxylic acids is 1. The number of fused-ring (bicyclic) bond motifs is 1. The lowest BCUT2D eigenvalue weighted by atomic mass is 10.1. The van der Waals surface area contributed by atoms with Crippen molar-refractivity contribution < 1.29 is 13.2 Å². The van der Waals surface area contributed by atoms with Gasteiger partial charge in [0.05, 0.1) is 11.4 Å². The van der Waals surface area contributed by atoms with Gasteiger partial charge < -0.3 is 5.32 Å². The lowest BCUT2D eigenvalue weighted by Crippen LogP contribution is -2.34. The summed E-state index contributed by atoms with van der Waals surface area (Å²) in [5.74, 6) is -0.383. The van der Waals surface area contributed by atoms with Crippen molar-refractivity contribution in [1.82, 2.24) is 4.31 Å². The molecule has 5 nitrogen and oxygen atoms in total. The van der Waals surface area contributed by atoms with E-state index in [0.717, 1.165) is 21.5 Å². The zero-order valence-electron chi connectivity index (χ0n) is 15.3. The van der Waals surface area contributed by atoms with Crippen molar-refractivity contribution in [2.45, 2.75) is 18.2 Å². The fourth-order valence-electron chi connectivity index (χ4n) is 2.82. The van der Waals surface area contributed by atoms with Crippen LogP contribution in [0.5, 0.6) is 0 Å². The van der Waals surface area contributed by atoms with E-state index in [4.69, 9.17) is 0 Å². The van der Waals surface area contributed by atoms with Gasteiger partial charge in [0.15, 0.2) is 0 Å². The Morgan fingerprint density at radius 1 is 0.963 bits per heavy atom. The van der Waals surface area contributed by atoms with Crippen LogP contribution in [0, 0.1) is 0 Å². The van der Waals surface area contributed by atoms with E-state index in [0.29, 0.717) is 5.69 Å². The van der Waals surface area contributed by atoms with Gasteiger partial charge in [-0.25, -0.2) is 8.42 Å². The van der Waals surface area contributed by atoms with Crippen LogP contribution < -0.4 is 5.32 Å². The first-order valence-electron chi connectivity index (χ1n) is 8.74. The zero-order chi connectivity index (χ0) is 19.4. The van der Waals surface area contributed by atoms with Gasteiger partial charge in [-0.05, 0) is 47.0 Å². The van der Waals surface area contributed by atoms with E-state index in [2.05, 4.69) is 12.2 Å². The van der Waals surface area contributed by atoms with E-state index in [1.54, 1.807) is 18.2 Å². The number of sulfonamides is 1. The Morgan fingerprint density at radius 2 is 1.63 bits per heavy atom. The number of anilines is 1. The molecule has 27 heavy (non-hydrogen) atoms. The fraction of sp³-hybridized carbons (Fsp3) is 0.190. The summed E-state index contributed by atoms with van der Waals surface area (Å²) < 4.78 is 26.6. The molecule has 0 bridgehead atoms. The number of amides is 1. The van der Waals surface area contributed by atoms with Gasteiger partial charge in [0.1, 0.15) is 0 Å². The van der Waals surface area contributed by atoms with Gasteiger partial charge in [-0.3, -0.25) is 4.79 Å². The number of nitrogens with zero attached hydrogens (tertiary/aromatic N) is 1. The first-order valence-corrected chi connectivity index (χ1v) is 10.2. The van der Waals surface area contributed by atoms with Crippen molar-refractivity contribution in [3.63, 3.8) is 0 Å². The van der Waals surface area contributed by atoms with Crippen LogP contribution in [0.3, 0.4) is 0 Å². The van der Waals surface area contributed by atoms with Crippen LogP contribution in [0.15, 0.2) is 71.6 Å². The highest BCUT2D eigenvalue weighted by atomic mass is 32.2. The summed E-state index contributed by atoms with van der Waals surface area (Å²) in [7, 11) is -2.35. The minimum absolute atomic E-state index is 0.170. The third-order valence-corrected chi connectivity index (χ3v) is 6.24. The molecule has 3 rings (SSSR count). The van der Waals surface area contributed by atoms with E-state index in [1.165, 1.54) is 12.6 Å². The minimum atomic E-state index is -3.76. The number of likely N-dealkylation sites (N-methyl/N-ethyl adjacent to an activating group) is 1. The lowest BCUT2D eigenvalue weighted by molar-refractivity contribution is -0.116. The molecule has 0 heterocycles. The second-order valence-corrected chi connectivity index (χ2v) is 8.41. The second-order valence-electron chi connectivity index (χ2n) is 6.37.